The van der Waals surface area contributed by atoms with Crippen molar-refractivity contribution < 1.29 is 9.84 Å². The monoisotopic (exact) mass is 375 g/mol. The molecule has 0 spiro atoms. The number of aliphatic hydroxyl groups excluding tert-OH is 1. The van der Waals surface area contributed by atoms with Crippen molar-refractivity contribution in [1.29, 1.82) is 0 Å². The quantitative estimate of drug-likeness (QED) is 0.495. The van der Waals surface area contributed by atoms with Gasteiger partial charge in [0.05, 0.1) is 13.2 Å². The number of aliphatic hydroxyl groups is 1. The maximum Gasteiger partial charge on any atom is 0.0716 e. The van der Waals surface area contributed by atoms with Gasteiger partial charge in [0.25, 0.3) is 0 Å². The highest BCUT2D eigenvalue weighted by atomic mass is 16.5. The number of hydrogen-bond acceptors (Lipinski definition) is 3. The van der Waals surface area contributed by atoms with E-state index in [1.165, 1.54) is 16.7 Å². The van der Waals surface area contributed by atoms with Crippen molar-refractivity contribution in [3.63, 3.8) is 0 Å². The van der Waals surface area contributed by atoms with Crippen molar-refractivity contribution in [3.05, 3.63) is 108 Å². The van der Waals surface area contributed by atoms with Crippen LogP contribution in [0, 0.1) is 0 Å². The minimum Gasteiger partial charge on any atom is -0.395 e. The molecule has 1 unspecified atom stereocenters. The number of nitrogens with zero attached hydrogens (tertiary/aromatic N) is 1. The molecule has 0 saturated heterocycles. The highest BCUT2D eigenvalue weighted by Crippen LogP contribution is 2.16. The van der Waals surface area contributed by atoms with Gasteiger partial charge in [-0.2, -0.15) is 0 Å². The van der Waals surface area contributed by atoms with Crippen LogP contribution in [0.2, 0.25) is 0 Å². The highest BCUT2D eigenvalue weighted by molar-refractivity contribution is 5.17. The Morgan fingerprint density at radius 3 is 1.61 bits per heavy atom. The van der Waals surface area contributed by atoms with E-state index in [9.17, 15) is 5.11 Å². The third-order valence-corrected chi connectivity index (χ3v) is 4.89. The van der Waals surface area contributed by atoms with Crippen LogP contribution in [0.4, 0.5) is 0 Å². The van der Waals surface area contributed by atoms with Gasteiger partial charge in [0, 0.05) is 25.7 Å². The molecule has 1 atom stereocenters. The number of hydrogen-bond donors (Lipinski definition) is 1. The van der Waals surface area contributed by atoms with E-state index >= 15 is 0 Å². The highest BCUT2D eigenvalue weighted by Gasteiger charge is 2.18. The zero-order chi connectivity index (χ0) is 19.4. The molecule has 3 aromatic rings. The Hall–Kier alpha value is -2.46. The van der Waals surface area contributed by atoms with Crippen LogP contribution in [0.15, 0.2) is 91.0 Å². The summed E-state index contributed by atoms with van der Waals surface area (Å²) < 4.78 is 5.86. The van der Waals surface area contributed by atoms with Crippen LogP contribution >= 0.6 is 0 Å². The Labute approximate surface area is 168 Å². The molecule has 0 saturated carbocycles. The van der Waals surface area contributed by atoms with Crippen molar-refractivity contribution in [2.45, 2.75) is 32.2 Å². The maximum absolute atomic E-state index is 10.1. The summed E-state index contributed by atoms with van der Waals surface area (Å²) in [6, 6.07) is 31.1. The van der Waals surface area contributed by atoms with Crippen LogP contribution in [0.3, 0.4) is 0 Å². The van der Waals surface area contributed by atoms with Crippen LogP contribution < -0.4 is 0 Å². The summed E-state index contributed by atoms with van der Waals surface area (Å²) >= 11 is 0. The lowest BCUT2D eigenvalue weighted by Gasteiger charge is -2.31. The van der Waals surface area contributed by atoms with Gasteiger partial charge >= 0.3 is 0 Å². The van der Waals surface area contributed by atoms with E-state index in [-0.39, 0.29) is 12.6 Å². The Morgan fingerprint density at radius 1 is 0.679 bits per heavy atom. The van der Waals surface area contributed by atoms with E-state index in [2.05, 4.69) is 65.6 Å². The first-order valence-electron chi connectivity index (χ1n) is 9.89. The molecule has 0 fully saturated rings. The molecule has 28 heavy (non-hydrogen) atoms. The van der Waals surface area contributed by atoms with Crippen LogP contribution in [0.5, 0.6) is 0 Å². The molecule has 3 nitrogen and oxygen atoms in total. The predicted octanol–water partition coefficient (Wildman–Crippen LogP) is 4.66. The molecule has 3 heteroatoms. The summed E-state index contributed by atoms with van der Waals surface area (Å²) in [5, 5.41) is 10.1. The second-order valence-electron chi connectivity index (χ2n) is 7.04. The fraction of sp³-hybridized carbons (Fsp3) is 0.280. The van der Waals surface area contributed by atoms with E-state index < -0.39 is 0 Å². The number of rotatable bonds is 11. The van der Waals surface area contributed by atoms with Gasteiger partial charge in [-0.3, -0.25) is 4.90 Å². The van der Waals surface area contributed by atoms with Crippen molar-refractivity contribution in [3.8, 4) is 0 Å². The predicted molar refractivity (Wildman–Crippen MR) is 114 cm³/mol. The first kappa shape index (κ1) is 20.3. The van der Waals surface area contributed by atoms with E-state index in [0.29, 0.717) is 13.2 Å². The number of benzene rings is 3. The van der Waals surface area contributed by atoms with Gasteiger partial charge in [0.2, 0.25) is 0 Å². The maximum atomic E-state index is 10.1. The van der Waals surface area contributed by atoms with Crippen molar-refractivity contribution >= 4 is 0 Å². The van der Waals surface area contributed by atoms with Crippen molar-refractivity contribution in [1.82, 2.24) is 4.90 Å². The van der Waals surface area contributed by atoms with Crippen molar-refractivity contribution in [2.24, 2.45) is 0 Å². The van der Waals surface area contributed by atoms with Gasteiger partial charge in [-0.15, -0.1) is 0 Å². The first-order chi connectivity index (χ1) is 13.8. The third kappa shape index (κ3) is 6.61. The van der Waals surface area contributed by atoms with Crippen LogP contribution in [-0.4, -0.2) is 29.3 Å². The standard InChI is InChI=1S/C25H29NO2/c27-20-25(16-17-28-21-24-14-8-3-9-15-24)26(18-22-10-4-1-5-11-22)19-23-12-6-2-7-13-23/h1-15,25,27H,16-21H2. The minimum absolute atomic E-state index is 0.0520. The molecule has 0 bridgehead atoms. The summed E-state index contributed by atoms with van der Waals surface area (Å²) in [6.45, 7) is 2.96. The number of ether oxygens (including phenoxy) is 1. The molecule has 0 aliphatic heterocycles. The fourth-order valence-electron chi connectivity index (χ4n) is 3.32. The van der Waals surface area contributed by atoms with E-state index in [0.717, 1.165) is 19.5 Å². The van der Waals surface area contributed by atoms with Crippen molar-refractivity contribution in [2.75, 3.05) is 13.2 Å². The van der Waals surface area contributed by atoms with Gasteiger partial charge in [0.15, 0.2) is 0 Å². The molecule has 1 N–H and O–H groups in total. The summed E-state index contributed by atoms with van der Waals surface area (Å²) in [7, 11) is 0. The van der Waals surface area contributed by atoms with Gasteiger partial charge in [-0.1, -0.05) is 91.0 Å². The van der Waals surface area contributed by atoms with Gasteiger partial charge in [-0.25, -0.2) is 0 Å². The fourth-order valence-corrected chi connectivity index (χ4v) is 3.32. The van der Waals surface area contributed by atoms with Crippen LogP contribution in [0.25, 0.3) is 0 Å². The molecule has 146 valence electrons. The zero-order valence-corrected chi connectivity index (χ0v) is 16.3. The second kappa shape index (κ2) is 11.4. The van der Waals surface area contributed by atoms with E-state index in [4.69, 9.17) is 4.74 Å². The van der Waals surface area contributed by atoms with Crippen LogP contribution in [0.1, 0.15) is 23.1 Å². The Morgan fingerprint density at radius 2 is 1.14 bits per heavy atom. The summed E-state index contributed by atoms with van der Waals surface area (Å²) in [5.74, 6) is 0. The molecule has 3 rings (SSSR count). The zero-order valence-electron chi connectivity index (χ0n) is 16.3. The lowest BCUT2D eigenvalue weighted by molar-refractivity contribution is 0.0566. The lowest BCUT2D eigenvalue weighted by Crippen LogP contribution is -2.38. The molecule has 0 aromatic heterocycles. The van der Waals surface area contributed by atoms with Gasteiger partial charge < -0.3 is 9.84 Å². The SMILES string of the molecule is OCC(CCOCc1ccccc1)N(Cc1ccccc1)Cc1ccccc1. The molecule has 0 radical (unpaired) electrons. The first-order valence-corrected chi connectivity index (χ1v) is 9.89. The molecule has 3 aromatic carbocycles. The molecule has 0 heterocycles. The lowest BCUT2D eigenvalue weighted by atomic mass is 10.1. The topological polar surface area (TPSA) is 32.7 Å². The Bertz CT molecular complexity index is 736. The Kier molecular flexibility index (Phi) is 8.26. The Balaban J connectivity index is 1.60. The molecule has 0 aliphatic rings. The summed E-state index contributed by atoms with van der Waals surface area (Å²) in [5.41, 5.74) is 3.68. The van der Waals surface area contributed by atoms with Crippen LogP contribution in [-0.2, 0) is 24.4 Å². The second-order valence-corrected chi connectivity index (χ2v) is 7.04. The smallest absolute Gasteiger partial charge is 0.0716 e. The third-order valence-electron chi connectivity index (χ3n) is 4.89. The normalized spacial score (nSPS) is 12.2. The molecule has 0 amide bonds. The summed E-state index contributed by atoms with van der Waals surface area (Å²) in [4.78, 5) is 2.34. The minimum atomic E-state index is 0.0520. The van der Waals surface area contributed by atoms with E-state index in [1.54, 1.807) is 0 Å². The van der Waals surface area contributed by atoms with E-state index in [1.807, 2.05) is 30.3 Å². The molecular formula is C25H29NO2. The van der Waals surface area contributed by atoms with Gasteiger partial charge in [0.1, 0.15) is 0 Å². The average molecular weight is 376 g/mol. The summed E-state index contributed by atoms with van der Waals surface area (Å²) in [6.07, 6.45) is 0.795. The molecule has 0 aliphatic carbocycles. The average Bonchev–Trinajstić information content (AvgIpc) is 2.76. The largest absolute Gasteiger partial charge is 0.395 e. The molecular weight excluding hydrogens is 346 g/mol. The van der Waals surface area contributed by atoms with Gasteiger partial charge in [-0.05, 0) is 23.1 Å².